The van der Waals surface area contributed by atoms with Gasteiger partial charge in [0.15, 0.2) is 0 Å². The van der Waals surface area contributed by atoms with Crippen LogP contribution in [0.1, 0.15) is 30.1 Å². The van der Waals surface area contributed by atoms with Gasteiger partial charge in [-0.05, 0) is 17.5 Å². The largest absolute Gasteiger partial charge is 0.469 e. The molecule has 0 spiro atoms. The molecule has 1 atom stereocenters. The second kappa shape index (κ2) is 7.04. The molecule has 0 fully saturated rings. The Labute approximate surface area is 101 Å². The number of esters is 1. The molecule has 0 amide bonds. The van der Waals surface area contributed by atoms with Crippen LogP contribution in [0.2, 0.25) is 0 Å². The number of carbonyl (C=O) groups is 1. The summed E-state index contributed by atoms with van der Waals surface area (Å²) in [4.78, 5) is 10.9. The van der Waals surface area contributed by atoms with Crippen LogP contribution in [-0.4, -0.2) is 25.3 Å². The van der Waals surface area contributed by atoms with Gasteiger partial charge in [-0.2, -0.15) is 0 Å². The highest BCUT2D eigenvalue weighted by Crippen LogP contribution is 2.19. The quantitative estimate of drug-likeness (QED) is 0.768. The fourth-order valence-electron chi connectivity index (χ4n) is 1.53. The number of ether oxygens (including phenoxy) is 2. The predicted octanol–water partition coefficient (Wildman–Crippen LogP) is 1.82. The van der Waals surface area contributed by atoms with Crippen molar-refractivity contribution in [2.75, 3.05) is 14.2 Å². The van der Waals surface area contributed by atoms with Crippen LogP contribution in [0.5, 0.6) is 0 Å². The van der Waals surface area contributed by atoms with Gasteiger partial charge in [-0.1, -0.05) is 24.3 Å². The zero-order chi connectivity index (χ0) is 12.7. The molecule has 0 saturated carbocycles. The zero-order valence-corrected chi connectivity index (χ0v) is 10.2. The lowest BCUT2D eigenvalue weighted by Crippen LogP contribution is -2.05. The molecule has 0 aromatic heterocycles. The Morgan fingerprint density at radius 2 is 1.94 bits per heavy atom. The summed E-state index contributed by atoms with van der Waals surface area (Å²) in [6.45, 7) is 0.554. The highest BCUT2D eigenvalue weighted by atomic mass is 16.5. The molecule has 0 aliphatic carbocycles. The Balaban J connectivity index is 2.51. The number of aliphatic hydroxyl groups excluding tert-OH is 1. The first-order chi connectivity index (χ1) is 8.17. The Hall–Kier alpha value is -1.39. The molecular weight excluding hydrogens is 220 g/mol. The van der Waals surface area contributed by atoms with Gasteiger partial charge in [-0.15, -0.1) is 0 Å². The fourth-order valence-corrected chi connectivity index (χ4v) is 1.53. The van der Waals surface area contributed by atoms with E-state index in [1.807, 2.05) is 24.3 Å². The maximum Gasteiger partial charge on any atom is 0.305 e. The van der Waals surface area contributed by atoms with Crippen LogP contribution in [0, 0.1) is 0 Å². The summed E-state index contributed by atoms with van der Waals surface area (Å²) < 4.78 is 9.52. The zero-order valence-electron chi connectivity index (χ0n) is 10.2. The first-order valence-electron chi connectivity index (χ1n) is 5.50. The van der Waals surface area contributed by atoms with Crippen molar-refractivity contribution >= 4 is 5.97 Å². The number of aliphatic hydroxyl groups is 1. The van der Waals surface area contributed by atoms with Crippen molar-refractivity contribution < 1.29 is 19.4 Å². The molecule has 94 valence electrons. The van der Waals surface area contributed by atoms with Crippen molar-refractivity contribution in [2.24, 2.45) is 0 Å². The van der Waals surface area contributed by atoms with Gasteiger partial charge in [0, 0.05) is 13.5 Å². The summed E-state index contributed by atoms with van der Waals surface area (Å²) >= 11 is 0. The van der Waals surface area contributed by atoms with Crippen LogP contribution in [0.15, 0.2) is 24.3 Å². The first-order valence-corrected chi connectivity index (χ1v) is 5.50. The minimum absolute atomic E-state index is 0.220. The number of hydrogen-bond donors (Lipinski definition) is 1. The highest BCUT2D eigenvalue weighted by molar-refractivity contribution is 5.69. The van der Waals surface area contributed by atoms with E-state index in [1.165, 1.54) is 7.11 Å². The van der Waals surface area contributed by atoms with Crippen LogP contribution in [0.4, 0.5) is 0 Å². The second-order valence-corrected chi connectivity index (χ2v) is 3.81. The third-order valence-corrected chi connectivity index (χ3v) is 2.53. The molecule has 0 bridgehead atoms. The van der Waals surface area contributed by atoms with Gasteiger partial charge in [-0.25, -0.2) is 0 Å². The Kier molecular flexibility index (Phi) is 5.66. The van der Waals surface area contributed by atoms with Crippen molar-refractivity contribution in [1.82, 2.24) is 0 Å². The SMILES string of the molecule is COCc1ccc(C(O)CCC(=O)OC)cc1. The summed E-state index contributed by atoms with van der Waals surface area (Å²) in [5.74, 6) is -0.306. The van der Waals surface area contributed by atoms with Crippen LogP contribution in [0.25, 0.3) is 0 Å². The summed E-state index contributed by atoms with van der Waals surface area (Å²) in [5, 5.41) is 9.85. The molecule has 1 unspecified atom stereocenters. The lowest BCUT2D eigenvalue weighted by molar-refractivity contribution is -0.141. The van der Waals surface area contributed by atoms with Crippen molar-refractivity contribution in [1.29, 1.82) is 0 Å². The van der Waals surface area contributed by atoms with E-state index in [-0.39, 0.29) is 12.4 Å². The monoisotopic (exact) mass is 238 g/mol. The maximum atomic E-state index is 10.9. The molecule has 1 rings (SSSR count). The average Bonchev–Trinajstić information content (AvgIpc) is 2.36. The molecular formula is C13H18O4. The third kappa shape index (κ3) is 4.54. The summed E-state index contributed by atoms with van der Waals surface area (Å²) in [6.07, 6.45) is -0.0426. The number of methoxy groups -OCH3 is 2. The fraction of sp³-hybridized carbons (Fsp3) is 0.462. The van der Waals surface area contributed by atoms with E-state index >= 15 is 0 Å². The molecule has 4 heteroatoms. The minimum Gasteiger partial charge on any atom is -0.469 e. The molecule has 0 radical (unpaired) electrons. The van der Waals surface area contributed by atoms with E-state index in [0.717, 1.165) is 11.1 Å². The van der Waals surface area contributed by atoms with Gasteiger partial charge in [0.05, 0.1) is 19.8 Å². The van der Waals surface area contributed by atoms with Gasteiger partial charge in [0.2, 0.25) is 0 Å². The van der Waals surface area contributed by atoms with E-state index in [4.69, 9.17) is 4.74 Å². The van der Waals surface area contributed by atoms with Gasteiger partial charge >= 0.3 is 5.97 Å². The van der Waals surface area contributed by atoms with Gasteiger partial charge in [-0.3, -0.25) is 4.79 Å². The van der Waals surface area contributed by atoms with Gasteiger partial charge in [0.25, 0.3) is 0 Å². The van der Waals surface area contributed by atoms with E-state index in [9.17, 15) is 9.90 Å². The lowest BCUT2D eigenvalue weighted by atomic mass is 10.0. The maximum absolute atomic E-state index is 10.9. The molecule has 17 heavy (non-hydrogen) atoms. The second-order valence-electron chi connectivity index (χ2n) is 3.81. The number of carbonyl (C=O) groups excluding carboxylic acids is 1. The minimum atomic E-state index is -0.634. The Morgan fingerprint density at radius 3 is 2.47 bits per heavy atom. The van der Waals surface area contributed by atoms with Gasteiger partial charge < -0.3 is 14.6 Å². The van der Waals surface area contributed by atoms with Crippen LogP contribution in [0.3, 0.4) is 0 Å². The molecule has 1 N–H and O–H groups in total. The van der Waals surface area contributed by atoms with Crippen molar-refractivity contribution in [3.63, 3.8) is 0 Å². The average molecular weight is 238 g/mol. The summed E-state index contributed by atoms with van der Waals surface area (Å²) in [7, 11) is 2.98. The summed E-state index contributed by atoms with van der Waals surface area (Å²) in [6, 6.07) is 7.49. The first kappa shape index (κ1) is 13.7. The topological polar surface area (TPSA) is 55.8 Å². The number of hydrogen-bond acceptors (Lipinski definition) is 4. The van der Waals surface area contributed by atoms with Crippen molar-refractivity contribution in [3.05, 3.63) is 35.4 Å². The van der Waals surface area contributed by atoms with E-state index in [0.29, 0.717) is 13.0 Å². The molecule has 1 aromatic carbocycles. The van der Waals surface area contributed by atoms with E-state index in [1.54, 1.807) is 7.11 Å². The van der Waals surface area contributed by atoms with E-state index in [2.05, 4.69) is 4.74 Å². The number of rotatable bonds is 6. The van der Waals surface area contributed by atoms with Crippen molar-refractivity contribution in [3.8, 4) is 0 Å². The number of benzene rings is 1. The normalized spacial score (nSPS) is 12.2. The third-order valence-electron chi connectivity index (χ3n) is 2.53. The lowest BCUT2D eigenvalue weighted by Gasteiger charge is -2.10. The van der Waals surface area contributed by atoms with Crippen LogP contribution < -0.4 is 0 Å². The molecule has 0 saturated heterocycles. The molecule has 4 nitrogen and oxygen atoms in total. The molecule has 1 aromatic rings. The van der Waals surface area contributed by atoms with E-state index < -0.39 is 6.10 Å². The Bertz CT molecular complexity index is 345. The molecule has 0 aliphatic rings. The Morgan fingerprint density at radius 1 is 1.29 bits per heavy atom. The standard InChI is InChI=1S/C13H18O4/c1-16-9-10-3-5-11(6-4-10)12(14)7-8-13(15)17-2/h3-6,12,14H,7-9H2,1-2H3. The van der Waals surface area contributed by atoms with Crippen LogP contribution >= 0.6 is 0 Å². The highest BCUT2D eigenvalue weighted by Gasteiger charge is 2.10. The molecule has 0 aliphatic heterocycles. The van der Waals surface area contributed by atoms with Crippen molar-refractivity contribution in [2.45, 2.75) is 25.6 Å². The van der Waals surface area contributed by atoms with Crippen LogP contribution in [-0.2, 0) is 20.9 Å². The van der Waals surface area contributed by atoms with Gasteiger partial charge in [0.1, 0.15) is 0 Å². The predicted molar refractivity (Wildman–Crippen MR) is 63.4 cm³/mol. The smallest absolute Gasteiger partial charge is 0.305 e. The molecule has 0 heterocycles. The summed E-state index contributed by atoms with van der Waals surface area (Å²) in [5.41, 5.74) is 1.85.